The Labute approximate surface area is 87.9 Å². The van der Waals surface area contributed by atoms with Gasteiger partial charge in [0.25, 0.3) is 0 Å². The van der Waals surface area contributed by atoms with Crippen molar-refractivity contribution in [2.75, 3.05) is 6.26 Å². The van der Waals surface area contributed by atoms with E-state index in [-0.39, 0.29) is 5.03 Å². The number of rotatable bonds is 2. The number of aromatic amines is 1. The SMILES string of the molecule is CS(=O)(=O)c1[nH]ncc1-c1ccccc1. The van der Waals surface area contributed by atoms with Gasteiger partial charge in [0.05, 0.1) is 6.20 Å². The Morgan fingerprint density at radius 1 is 1.20 bits per heavy atom. The van der Waals surface area contributed by atoms with Gasteiger partial charge < -0.3 is 0 Å². The van der Waals surface area contributed by atoms with E-state index in [2.05, 4.69) is 10.2 Å². The molecule has 0 amide bonds. The first-order valence-corrected chi connectivity index (χ1v) is 6.27. The maximum Gasteiger partial charge on any atom is 0.192 e. The summed E-state index contributed by atoms with van der Waals surface area (Å²) in [4.78, 5) is 0. The van der Waals surface area contributed by atoms with Crippen molar-refractivity contribution in [3.05, 3.63) is 36.5 Å². The van der Waals surface area contributed by atoms with E-state index in [0.717, 1.165) is 11.8 Å². The molecule has 1 heterocycles. The molecule has 0 bridgehead atoms. The molecule has 0 spiro atoms. The summed E-state index contributed by atoms with van der Waals surface area (Å²) >= 11 is 0. The summed E-state index contributed by atoms with van der Waals surface area (Å²) in [5, 5.41) is 6.43. The molecular weight excluding hydrogens is 212 g/mol. The molecule has 1 aromatic heterocycles. The van der Waals surface area contributed by atoms with Crippen molar-refractivity contribution >= 4 is 9.84 Å². The highest BCUT2D eigenvalue weighted by Gasteiger charge is 2.16. The van der Waals surface area contributed by atoms with E-state index in [4.69, 9.17) is 0 Å². The van der Waals surface area contributed by atoms with E-state index < -0.39 is 9.84 Å². The summed E-state index contributed by atoms with van der Waals surface area (Å²) < 4.78 is 22.8. The van der Waals surface area contributed by atoms with Crippen LogP contribution in [-0.4, -0.2) is 24.9 Å². The Kier molecular flexibility index (Phi) is 2.32. The van der Waals surface area contributed by atoms with Crippen molar-refractivity contribution in [3.63, 3.8) is 0 Å². The number of hydrogen-bond acceptors (Lipinski definition) is 3. The van der Waals surface area contributed by atoms with Gasteiger partial charge in [-0.3, -0.25) is 5.10 Å². The third kappa shape index (κ3) is 1.92. The summed E-state index contributed by atoms with van der Waals surface area (Å²) in [7, 11) is -3.26. The second-order valence-electron chi connectivity index (χ2n) is 3.25. The van der Waals surface area contributed by atoms with Crippen molar-refractivity contribution in [2.24, 2.45) is 0 Å². The number of aromatic nitrogens is 2. The number of nitrogens with zero attached hydrogens (tertiary/aromatic N) is 1. The average Bonchev–Trinajstić information content (AvgIpc) is 2.67. The van der Waals surface area contributed by atoms with Crippen molar-refractivity contribution in [3.8, 4) is 11.1 Å². The number of hydrogen-bond donors (Lipinski definition) is 1. The minimum atomic E-state index is -3.26. The topological polar surface area (TPSA) is 62.8 Å². The van der Waals surface area contributed by atoms with Crippen LogP contribution in [0.3, 0.4) is 0 Å². The summed E-state index contributed by atoms with van der Waals surface area (Å²) in [6, 6.07) is 9.28. The highest BCUT2D eigenvalue weighted by molar-refractivity contribution is 7.90. The van der Waals surface area contributed by atoms with Crippen LogP contribution in [0.2, 0.25) is 0 Å². The molecule has 15 heavy (non-hydrogen) atoms. The molecule has 78 valence electrons. The molecule has 0 aliphatic carbocycles. The van der Waals surface area contributed by atoms with Gasteiger partial charge in [0.2, 0.25) is 0 Å². The van der Waals surface area contributed by atoms with Gasteiger partial charge in [0.1, 0.15) is 0 Å². The van der Waals surface area contributed by atoms with Crippen LogP contribution in [0.5, 0.6) is 0 Å². The van der Waals surface area contributed by atoms with E-state index in [1.54, 1.807) is 0 Å². The van der Waals surface area contributed by atoms with Crippen LogP contribution < -0.4 is 0 Å². The normalized spacial score (nSPS) is 11.5. The van der Waals surface area contributed by atoms with E-state index in [1.807, 2.05) is 30.3 Å². The summed E-state index contributed by atoms with van der Waals surface area (Å²) in [6.07, 6.45) is 2.68. The second kappa shape index (κ2) is 3.51. The fourth-order valence-electron chi connectivity index (χ4n) is 1.38. The van der Waals surface area contributed by atoms with Crippen LogP contribution in [0.4, 0.5) is 0 Å². The van der Waals surface area contributed by atoms with E-state index >= 15 is 0 Å². The standard InChI is InChI=1S/C10H10N2O2S/c1-15(13,14)10-9(7-11-12-10)8-5-3-2-4-6-8/h2-7H,1H3,(H,11,12). The predicted octanol–water partition coefficient (Wildman–Crippen LogP) is 1.48. The van der Waals surface area contributed by atoms with Gasteiger partial charge in [-0.2, -0.15) is 5.10 Å². The largest absolute Gasteiger partial charge is 0.267 e. The third-order valence-corrected chi connectivity index (χ3v) is 3.11. The first-order valence-electron chi connectivity index (χ1n) is 4.38. The molecule has 2 rings (SSSR count). The van der Waals surface area contributed by atoms with Crippen LogP contribution in [0.25, 0.3) is 11.1 Å². The van der Waals surface area contributed by atoms with Gasteiger partial charge in [-0.05, 0) is 5.56 Å². The number of H-pyrrole nitrogens is 1. The molecule has 2 aromatic rings. The lowest BCUT2D eigenvalue weighted by Gasteiger charge is -2.00. The molecule has 0 radical (unpaired) electrons. The first kappa shape index (κ1) is 9.92. The van der Waals surface area contributed by atoms with Gasteiger partial charge in [-0.15, -0.1) is 0 Å². The Hall–Kier alpha value is -1.62. The lowest BCUT2D eigenvalue weighted by molar-refractivity contribution is 0.598. The molecule has 0 aliphatic heterocycles. The van der Waals surface area contributed by atoms with Gasteiger partial charge in [0.15, 0.2) is 14.9 Å². The predicted molar refractivity (Wildman–Crippen MR) is 57.1 cm³/mol. The molecule has 0 saturated carbocycles. The lowest BCUT2D eigenvalue weighted by atomic mass is 10.1. The minimum absolute atomic E-state index is 0.161. The maximum absolute atomic E-state index is 11.4. The van der Waals surface area contributed by atoms with E-state index in [9.17, 15) is 8.42 Å². The minimum Gasteiger partial charge on any atom is -0.267 e. The fraction of sp³-hybridized carbons (Fsp3) is 0.100. The van der Waals surface area contributed by atoms with Gasteiger partial charge >= 0.3 is 0 Å². The maximum atomic E-state index is 11.4. The Morgan fingerprint density at radius 2 is 1.87 bits per heavy atom. The molecule has 0 saturated heterocycles. The Morgan fingerprint density at radius 3 is 2.47 bits per heavy atom. The van der Waals surface area contributed by atoms with Crippen LogP contribution >= 0.6 is 0 Å². The molecule has 5 heteroatoms. The zero-order chi connectivity index (χ0) is 10.9. The molecule has 0 aliphatic rings. The molecule has 1 aromatic carbocycles. The van der Waals surface area contributed by atoms with Crippen LogP contribution in [0.15, 0.2) is 41.6 Å². The summed E-state index contributed by atoms with van der Waals surface area (Å²) in [5.41, 5.74) is 1.45. The van der Waals surface area contributed by atoms with Crippen molar-refractivity contribution in [2.45, 2.75) is 5.03 Å². The highest BCUT2D eigenvalue weighted by atomic mass is 32.2. The molecular formula is C10H10N2O2S. The highest BCUT2D eigenvalue weighted by Crippen LogP contribution is 2.24. The first-order chi connectivity index (χ1) is 7.09. The molecule has 0 fully saturated rings. The van der Waals surface area contributed by atoms with Crippen molar-refractivity contribution in [1.29, 1.82) is 0 Å². The van der Waals surface area contributed by atoms with Crippen LogP contribution in [0.1, 0.15) is 0 Å². The number of sulfone groups is 1. The van der Waals surface area contributed by atoms with Crippen LogP contribution in [-0.2, 0) is 9.84 Å². The third-order valence-electron chi connectivity index (χ3n) is 2.06. The van der Waals surface area contributed by atoms with E-state index in [1.165, 1.54) is 6.20 Å². The van der Waals surface area contributed by atoms with Crippen LogP contribution in [0, 0.1) is 0 Å². The average molecular weight is 222 g/mol. The molecule has 0 unspecified atom stereocenters. The van der Waals surface area contributed by atoms with Gasteiger partial charge in [-0.1, -0.05) is 30.3 Å². The molecule has 1 N–H and O–H groups in total. The Bertz CT molecular complexity index is 558. The van der Waals surface area contributed by atoms with Crippen molar-refractivity contribution < 1.29 is 8.42 Å². The summed E-state index contributed by atoms with van der Waals surface area (Å²) in [5.74, 6) is 0. The fourth-order valence-corrected chi connectivity index (χ4v) is 2.17. The van der Waals surface area contributed by atoms with Gasteiger partial charge in [-0.25, -0.2) is 8.42 Å². The second-order valence-corrected chi connectivity index (χ2v) is 5.20. The zero-order valence-electron chi connectivity index (χ0n) is 8.14. The quantitative estimate of drug-likeness (QED) is 0.837. The monoisotopic (exact) mass is 222 g/mol. The van der Waals surface area contributed by atoms with Crippen molar-refractivity contribution in [1.82, 2.24) is 10.2 Å². The smallest absolute Gasteiger partial charge is 0.192 e. The lowest BCUT2D eigenvalue weighted by Crippen LogP contribution is -1.99. The summed E-state index contributed by atoms with van der Waals surface area (Å²) in [6.45, 7) is 0. The van der Waals surface area contributed by atoms with E-state index in [0.29, 0.717) is 5.56 Å². The molecule has 4 nitrogen and oxygen atoms in total. The zero-order valence-corrected chi connectivity index (χ0v) is 8.95. The Balaban J connectivity index is 2.61. The van der Waals surface area contributed by atoms with Gasteiger partial charge in [0, 0.05) is 11.8 Å². The number of benzene rings is 1. The number of nitrogens with one attached hydrogen (secondary N) is 1. The molecule has 0 atom stereocenters.